The van der Waals surface area contributed by atoms with E-state index in [0.29, 0.717) is 12.1 Å². The van der Waals surface area contributed by atoms with Gasteiger partial charge in [0.25, 0.3) is 0 Å². The highest BCUT2D eigenvalue weighted by atomic mass is 127. The summed E-state index contributed by atoms with van der Waals surface area (Å²) in [6, 6.07) is 4.80. The number of aliphatic imine (C=N–C) groups is 1. The Morgan fingerprint density at radius 1 is 1.21 bits per heavy atom. The van der Waals surface area contributed by atoms with Crippen molar-refractivity contribution in [2.75, 3.05) is 6.54 Å². The Morgan fingerprint density at radius 2 is 2.04 bits per heavy atom. The van der Waals surface area contributed by atoms with Gasteiger partial charge in [-0.05, 0) is 38.3 Å². The summed E-state index contributed by atoms with van der Waals surface area (Å²) < 4.78 is 7.47. The Labute approximate surface area is 183 Å². The molecule has 1 fully saturated rings. The molecule has 1 aliphatic carbocycles. The van der Waals surface area contributed by atoms with E-state index in [9.17, 15) is 0 Å². The topological polar surface area (TPSA) is 80.3 Å². The maximum Gasteiger partial charge on any atom is 0.191 e. The molecule has 0 aromatic carbocycles. The van der Waals surface area contributed by atoms with Crippen LogP contribution in [0.1, 0.15) is 55.9 Å². The Hall–Kier alpha value is -1.58. The second-order valence-electron chi connectivity index (χ2n) is 7.68. The maximum absolute atomic E-state index is 5.43. The lowest BCUT2D eigenvalue weighted by atomic mass is 9.96. The van der Waals surface area contributed by atoms with Gasteiger partial charge in [0.2, 0.25) is 0 Å². The third-order valence-electron chi connectivity index (χ3n) is 5.46. The summed E-state index contributed by atoms with van der Waals surface area (Å²) >= 11 is 0. The first-order valence-corrected chi connectivity index (χ1v) is 10.3. The molecule has 0 radical (unpaired) electrons. The van der Waals surface area contributed by atoms with Gasteiger partial charge in [-0.15, -0.1) is 24.0 Å². The molecular formula is C20H31IN6O. The second-order valence-corrected chi connectivity index (χ2v) is 7.68. The third-order valence-corrected chi connectivity index (χ3v) is 5.46. The first-order valence-electron chi connectivity index (χ1n) is 10.3. The molecule has 3 heterocycles. The predicted octanol–water partition coefficient (Wildman–Crippen LogP) is 3.22. The fourth-order valence-corrected chi connectivity index (χ4v) is 4.05. The normalized spacial score (nSPS) is 20.3. The minimum absolute atomic E-state index is 0. The summed E-state index contributed by atoms with van der Waals surface area (Å²) in [6.07, 6.45) is 11.0. The van der Waals surface area contributed by atoms with Crippen LogP contribution in [-0.2, 0) is 19.4 Å². The highest BCUT2D eigenvalue weighted by molar-refractivity contribution is 14.0. The highest BCUT2D eigenvalue weighted by Crippen LogP contribution is 2.18. The van der Waals surface area contributed by atoms with Crippen molar-refractivity contribution >= 4 is 29.9 Å². The number of aromatic nitrogens is 3. The monoisotopic (exact) mass is 498 g/mol. The molecular weight excluding hydrogens is 467 g/mol. The fraction of sp³-hybridized carbons (Fsp3) is 0.650. The van der Waals surface area contributed by atoms with Crippen LogP contribution < -0.4 is 10.6 Å². The van der Waals surface area contributed by atoms with Crippen molar-refractivity contribution in [3.63, 3.8) is 0 Å². The van der Waals surface area contributed by atoms with Gasteiger partial charge in [-0.2, -0.15) is 5.10 Å². The number of hydrogen-bond acceptors (Lipinski definition) is 4. The van der Waals surface area contributed by atoms with Crippen molar-refractivity contribution in [1.82, 2.24) is 25.4 Å². The van der Waals surface area contributed by atoms with E-state index in [1.807, 2.05) is 23.7 Å². The number of rotatable bonds is 5. The van der Waals surface area contributed by atoms with E-state index in [1.54, 1.807) is 6.26 Å². The fourth-order valence-electron chi connectivity index (χ4n) is 4.05. The summed E-state index contributed by atoms with van der Waals surface area (Å²) in [4.78, 5) is 9.34. The average molecular weight is 498 g/mol. The maximum atomic E-state index is 5.43. The zero-order valence-corrected chi connectivity index (χ0v) is 18.9. The number of hydrogen-bond donors (Lipinski definition) is 2. The second kappa shape index (κ2) is 10.3. The van der Waals surface area contributed by atoms with Gasteiger partial charge < -0.3 is 15.1 Å². The van der Waals surface area contributed by atoms with Crippen LogP contribution in [0, 0.1) is 6.92 Å². The number of halogens is 1. The molecule has 2 aromatic rings. The lowest BCUT2D eigenvalue weighted by Crippen LogP contribution is -2.50. The standard InChI is InChI=1S/C20H30N6O.HI/c1-15-22-19-10-9-17(14-26(19)25-15)24-20(23-16-6-3-2-4-7-16)21-12-11-18-8-5-13-27-18;/h5,8,13,16-17H,2-4,6-7,9-12,14H2,1H3,(H2,21,23,24);1H. The van der Waals surface area contributed by atoms with Crippen LogP contribution in [0.2, 0.25) is 0 Å². The minimum atomic E-state index is 0. The molecule has 1 aliphatic heterocycles. The number of aryl methyl sites for hydroxylation is 2. The van der Waals surface area contributed by atoms with Crippen LogP contribution in [0.25, 0.3) is 0 Å². The van der Waals surface area contributed by atoms with Crippen molar-refractivity contribution in [3.8, 4) is 0 Å². The van der Waals surface area contributed by atoms with Crippen molar-refractivity contribution in [2.45, 2.75) is 76.9 Å². The SMILES string of the molecule is Cc1nc2n(n1)CC(NC(=NCCc1ccco1)NC1CCCCC1)CC2.I. The molecule has 1 atom stereocenters. The first kappa shape index (κ1) is 21.1. The zero-order valence-electron chi connectivity index (χ0n) is 16.6. The molecule has 4 rings (SSSR count). The van der Waals surface area contributed by atoms with Crippen LogP contribution in [0.15, 0.2) is 27.8 Å². The van der Waals surface area contributed by atoms with E-state index < -0.39 is 0 Å². The molecule has 0 bridgehead atoms. The molecule has 1 unspecified atom stereocenters. The summed E-state index contributed by atoms with van der Waals surface area (Å²) in [5.74, 6) is 3.87. The number of furan rings is 1. The lowest BCUT2D eigenvalue weighted by Gasteiger charge is -2.29. The Kier molecular flexibility index (Phi) is 7.75. The Bertz CT molecular complexity index is 751. The summed E-state index contributed by atoms with van der Waals surface area (Å²) in [7, 11) is 0. The largest absolute Gasteiger partial charge is 0.469 e. The van der Waals surface area contributed by atoms with Gasteiger partial charge in [0.1, 0.15) is 17.4 Å². The van der Waals surface area contributed by atoms with E-state index in [0.717, 1.165) is 55.7 Å². The van der Waals surface area contributed by atoms with E-state index in [4.69, 9.17) is 9.41 Å². The molecule has 8 heteroatoms. The molecule has 7 nitrogen and oxygen atoms in total. The summed E-state index contributed by atoms with van der Waals surface area (Å²) in [5.41, 5.74) is 0. The van der Waals surface area contributed by atoms with Gasteiger partial charge in [0.05, 0.1) is 12.8 Å². The zero-order chi connectivity index (χ0) is 18.5. The lowest BCUT2D eigenvalue weighted by molar-refractivity contribution is 0.379. The van der Waals surface area contributed by atoms with Crippen LogP contribution in [0.4, 0.5) is 0 Å². The Balaban J connectivity index is 0.00000225. The van der Waals surface area contributed by atoms with Crippen LogP contribution in [0.5, 0.6) is 0 Å². The Morgan fingerprint density at radius 3 is 2.82 bits per heavy atom. The molecule has 2 aliphatic rings. The van der Waals surface area contributed by atoms with Crippen LogP contribution in [0.3, 0.4) is 0 Å². The molecule has 0 spiro atoms. The number of nitrogens with one attached hydrogen (secondary N) is 2. The minimum Gasteiger partial charge on any atom is -0.469 e. The number of fused-ring (bicyclic) bond motifs is 1. The smallest absolute Gasteiger partial charge is 0.191 e. The molecule has 0 amide bonds. The van der Waals surface area contributed by atoms with E-state index in [1.165, 1.54) is 32.1 Å². The average Bonchev–Trinajstić information content (AvgIpc) is 3.31. The predicted molar refractivity (Wildman–Crippen MR) is 120 cm³/mol. The first-order chi connectivity index (χ1) is 13.3. The van der Waals surface area contributed by atoms with Gasteiger partial charge in [-0.1, -0.05) is 19.3 Å². The van der Waals surface area contributed by atoms with Crippen molar-refractivity contribution in [2.24, 2.45) is 4.99 Å². The molecule has 1 saturated carbocycles. The summed E-state index contributed by atoms with van der Waals surface area (Å²) in [5, 5.41) is 11.8. The van der Waals surface area contributed by atoms with Crippen molar-refractivity contribution < 1.29 is 4.42 Å². The van der Waals surface area contributed by atoms with Gasteiger partial charge >= 0.3 is 0 Å². The van der Waals surface area contributed by atoms with Crippen molar-refractivity contribution in [3.05, 3.63) is 35.8 Å². The molecule has 0 saturated heterocycles. The van der Waals surface area contributed by atoms with Gasteiger partial charge in [-0.3, -0.25) is 4.99 Å². The quantitative estimate of drug-likeness (QED) is 0.376. The van der Waals surface area contributed by atoms with Gasteiger partial charge in [0, 0.05) is 31.5 Å². The molecule has 2 N–H and O–H groups in total. The van der Waals surface area contributed by atoms with Crippen LogP contribution in [-0.4, -0.2) is 39.4 Å². The van der Waals surface area contributed by atoms with Crippen molar-refractivity contribution in [1.29, 1.82) is 0 Å². The van der Waals surface area contributed by atoms with E-state index in [-0.39, 0.29) is 24.0 Å². The molecule has 2 aromatic heterocycles. The number of nitrogens with zero attached hydrogens (tertiary/aromatic N) is 4. The van der Waals surface area contributed by atoms with E-state index >= 15 is 0 Å². The van der Waals surface area contributed by atoms with E-state index in [2.05, 4.69) is 20.7 Å². The van der Waals surface area contributed by atoms with Crippen LogP contribution >= 0.6 is 24.0 Å². The highest BCUT2D eigenvalue weighted by Gasteiger charge is 2.23. The molecule has 154 valence electrons. The third kappa shape index (κ3) is 5.71. The summed E-state index contributed by atoms with van der Waals surface area (Å²) in [6.45, 7) is 3.52. The number of guanidine groups is 1. The van der Waals surface area contributed by atoms with Gasteiger partial charge in [0.15, 0.2) is 5.96 Å². The molecule has 28 heavy (non-hydrogen) atoms. The van der Waals surface area contributed by atoms with Gasteiger partial charge in [-0.25, -0.2) is 9.67 Å².